The van der Waals surface area contributed by atoms with Crippen molar-refractivity contribution in [2.24, 2.45) is 23.2 Å². The fourth-order valence-electron chi connectivity index (χ4n) is 7.59. The maximum Gasteiger partial charge on any atom is 0.255 e. The van der Waals surface area contributed by atoms with Crippen molar-refractivity contribution in [1.82, 2.24) is 15.1 Å². The van der Waals surface area contributed by atoms with E-state index in [1.165, 1.54) is 38.5 Å². The molecule has 1 aromatic heterocycles. The Bertz CT molecular complexity index is 1100. The SMILES string of the molecule is CCC(NC(=O)c1cn(-c2ccccc2)nc1-c1ccccc1)C12CC3CC(CC(C3)C1)C2. The summed E-state index contributed by atoms with van der Waals surface area (Å²) in [6, 6.07) is 20.3. The molecule has 4 nitrogen and oxygen atoms in total. The highest BCUT2D eigenvalue weighted by atomic mass is 16.1. The minimum Gasteiger partial charge on any atom is -0.349 e. The third kappa shape index (κ3) is 3.70. The Balaban J connectivity index is 1.33. The average Bonchev–Trinajstić information content (AvgIpc) is 3.28. The van der Waals surface area contributed by atoms with Gasteiger partial charge in [-0.15, -0.1) is 0 Å². The first kappa shape index (κ1) is 20.7. The zero-order valence-corrected chi connectivity index (χ0v) is 19.4. The zero-order valence-electron chi connectivity index (χ0n) is 19.4. The van der Waals surface area contributed by atoms with Crippen molar-refractivity contribution >= 4 is 5.91 Å². The minimum absolute atomic E-state index is 0.0126. The largest absolute Gasteiger partial charge is 0.349 e. The predicted octanol–water partition coefficient (Wildman–Crippen LogP) is 6.26. The summed E-state index contributed by atoms with van der Waals surface area (Å²) in [5.74, 6) is 2.65. The van der Waals surface area contributed by atoms with Gasteiger partial charge < -0.3 is 5.32 Å². The Morgan fingerprint density at radius 3 is 2.12 bits per heavy atom. The van der Waals surface area contributed by atoms with Gasteiger partial charge in [0.05, 0.1) is 11.3 Å². The molecular weight excluding hydrogens is 406 g/mol. The van der Waals surface area contributed by atoms with Crippen LogP contribution >= 0.6 is 0 Å². The lowest BCUT2D eigenvalue weighted by Crippen LogP contribution is -2.56. The minimum atomic E-state index is 0.0126. The van der Waals surface area contributed by atoms with Crippen molar-refractivity contribution in [1.29, 1.82) is 0 Å². The molecule has 2 aromatic carbocycles. The van der Waals surface area contributed by atoms with E-state index < -0.39 is 0 Å². The zero-order chi connectivity index (χ0) is 22.4. The highest BCUT2D eigenvalue weighted by Crippen LogP contribution is 2.61. The topological polar surface area (TPSA) is 46.9 Å². The molecule has 0 saturated heterocycles. The molecule has 0 aliphatic heterocycles. The van der Waals surface area contributed by atoms with Crippen molar-refractivity contribution in [3.05, 3.63) is 72.4 Å². The summed E-state index contributed by atoms with van der Waals surface area (Å²) in [6.07, 6.45) is 11.1. The lowest BCUT2D eigenvalue weighted by atomic mass is 9.47. The van der Waals surface area contributed by atoms with Gasteiger partial charge in [0.25, 0.3) is 5.91 Å². The van der Waals surface area contributed by atoms with Gasteiger partial charge in [0.15, 0.2) is 0 Å². The van der Waals surface area contributed by atoms with Crippen molar-refractivity contribution in [2.75, 3.05) is 0 Å². The van der Waals surface area contributed by atoms with Gasteiger partial charge in [-0.05, 0) is 80.2 Å². The van der Waals surface area contributed by atoms with Crippen LogP contribution in [0, 0.1) is 23.2 Å². The average molecular weight is 440 g/mol. The van der Waals surface area contributed by atoms with Crippen molar-refractivity contribution in [3.63, 3.8) is 0 Å². The Morgan fingerprint density at radius 1 is 0.970 bits per heavy atom. The molecule has 4 bridgehead atoms. The molecule has 4 aliphatic carbocycles. The van der Waals surface area contributed by atoms with E-state index in [-0.39, 0.29) is 11.9 Å². The number of nitrogens with zero attached hydrogens (tertiary/aromatic N) is 2. The summed E-state index contributed by atoms with van der Waals surface area (Å²) in [5.41, 5.74) is 3.63. The van der Waals surface area contributed by atoms with Gasteiger partial charge >= 0.3 is 0 Å². The number of hydrogen-bond acceptors (Lipinski definition) is 2. The summed E-state index contributed by atoms with van der Waals surface area (Å²) in [5, 5.41) is 8.38. The molecule has 4 fully saturated rings. The van der Waals surface area contributed by atoms with Crippen LogP contribution in [-0.2, 0) is 0 Å². The second-order valence-electron chi connectivity index (χ2n) is 10.8. The maximum absolute atomic E-state index is 13.8. The highest BCUT2D eigenvalue weighted by Gasteiger charge is 2.54. The number of aromatic nitrogens is 2. The first-order valence-electron chi connectivity index (χ1n) is 12.6. The second kappa shape index (κ2) is 8.16. The Kier molecular flexibility index (Phi) is 5.12. The number of benzene rings is 2. The molecule has 1 amide bonds. The third-order valence-corrected chi connectivity index (χ3v) is 8.57. The van der Waals surface area contributed by atoms with Gasteiger partial charge in [-0.1, -0.05) is 55.5 Å². The Labute approximate surface area is 196 Å². The molecule has 7 rings (SSSR count). The van der Waals surface area contributed by atoms with E-state index in [4.69, 9.17) is 5.10 Å². The predicted molar refractivity (Wildman–Crippen MR) is 131 cm³/mol. The van der Waals surface area contributed by atoms with E-state index in [0.717, 1.165) is 41.1 Å². The molecule has 4 aliphatic rings. The van der Waals surface area contributed by atoms with Crippen LogP contribution < -0.4 is 5.32 Å². The van der Waals surface area contributed by atoms with Gasteiger partial charge in [0, 0.05) is 17.8 Å². The fraction of sp³-hybridized carbons (Fsp3) is 0.448. The summed E-state index contributed by atoms with van der Waals surface area (Å²) < 4.78 is 1.84. The van der Waals surface area contributed by atoms with Crippen LogP contribution in [0.15, 0.2) is 66.9 Å². The van der Waals surface area contributed by atoms with Gasteiger partial charge in [0.2, 0.25) is 0 Å². The normalized spacial score (nSPS) is 28.6. The highest BCUT2D eigenvalue weighted by molar-refractivity contribution is 6.00. The summed E-state index contributed by atoms with van der Waals surface area (Å²) >= 11 is 0. The monoisotopic (exact) mass is 439 g/mol. The molecule has 4 saturated carbocycles. The lowest BCUT2D eigenvalue weighted by molar-refractivity contribution is -0.0727. The van der Waals surface area contributed by atoms with Crippen molar-refractivity contribution in [2.45, 2.75) is 57.9 Å². The Morgan fingerprint density at radius 2 is 1.55 bits per heavy atom. The summed E-state index contributed by atoms with van der Waals surface area (Å²) in [4.78, 5) is 13.8. The van der Waals surface area contributed by atoms with Gasteiger partial charge in [0.1, 0.15) is 5.69 Å². The number of carbonyl (C=O) groups is 1. The van der Waals surface area contributed by atoms with Gasteiger partial charge in [-0.2, -0.15) is 5.10 Å². The molecule has 0 spiro atoms. The van der Waals surface area contributed by atoms with Crippen LogP contribution in [0.5, 0.6) is 0 Å². The van der Waals surface area contributed by atoms with E-state index in [1.54, 1.807) is 0 Å². The number of nitrogens with one attached hydrogen (secondary N) is 1. The van der Waals surface area contributed by atoms with Crippen LogP contribution in [0.3, 0.4) is 0 Å². The van der Waals surface area contributed by atoms with E-state index in [2.05, 4.69) is 12.2 Å². The fourth-order valence-corrected chi connectivity index (χ4v) is 7.59. The first-order valence-corrected chi connectivity index (χ1v) is 12.6. The second-order valence-corrected chi connectivity index (χ2v) is 10.8. The number of amides is 1. The van der Waals surface area contributed by atoms with Crippen molar-refractivity contribution in [3.8, 4) is 16.9 Å². The molecule has 33 heavy (non-hydrogen) atoms. The molecule has 3 aromatic rings. The van der Waals surface area contributed by atoms with E-state index in [1.807, 2.05) is 71.5 Å². The van der Waals surface area contributed by atoms with Gasteiger partial charge in [-0.3, -0.25) is 4.79 Å². The van der Waals surface area contributed by atoms with E-state index in [9.17, 15) is 4.79 Å². The molecule has 0 radical (unpaired) electrons. The van der Waals surface area contributed by atoms with Crippen LogP contribution in [0.4, 0.5) is 0 Å². The standard InChI is InChI=1S/C29H33N3O/c1-2-26(29-16-20-13-21(17-29)15-22(14-20)18-29)30-28(33)25-19-32(24-11-7-4-8-12-24)31-27(25)23-9-5-3-6-10-23/h3-12,19-22,26H,2,13-18H2,1H3,(H,30,33). The molecule has 1 N–H and O–H groups in total. The smallest absolute Gasteiger partial charge is 0.255 e. The quantitative estimate of drug-likeness (QED) is 0.492. The van der Waals surface area contributed by atoms with Crippen LogP contribution in [0.25, 0.3) is 16.9 Å². The first-order chi connectivity index (χ1) is 16.1. The van der Waals surface area contributed by atoms with Crippen LogP contribution in [-0.4, -0.2) is 21.7 Å². The van der Waals surface area contributed by atoms with Crippen molar-refractivity contribution < 1.29 is 4.79 Å². The number of para-hydroxylation sites is 1. The molecular formula is C29H33N3O. The van der Waals surface area contributed by atoms with Crippen LogP contribution in [0.2, 0.25) is 0 Å². The third-order valence-electron chi connectivity index (χ3n) is 8.57. The number of hydrogen-bond donors (Lipinski definition) is 1. The summed E-state index contributed by atoms with van der Waals surface area (Å²) in [7, 11) is 0. The Hall–Kier alpha value is -2.88. The number of rotatable bonds is 6. The molecule has 1 heterocycles. The van der Waals surface area contributed by atoms with Gasteiger partial charge in [-0.25, -0.2) is 4.68 Å². The summed E-state index contributed by atoms with van der Waals surface area (Å²) in [6.45, 7) is 2.25. The maximum atomic E-state index is 13.8. The molecule has 1 atom stereocenters. The molecule has 170 valence electrons. The molecule has 4 heteroatoms. The molecule has 1 unspecified atom stereocenters. The van der Waals surface area contributed by atoms with Crippen LogP contribution in [0.1, 0.15) is 62.2 Å². The number of carbonyl (C=O) groups excluding carboxylic acids is 1. The lowest BCUT2D eigenvalue weighted by Gasteiger charge is -2.59. The van der Waals surface area contributed by atoms with E-state index in [0.29, 0.717) is 11.0 Å². The van der Waals surface area contributed by atoms with E-state index >= 15 is 0 Å².